The molecule has 1 amide bonds. The van der Waals surface area contributed by atoms with Crippen molar-refractivity contribution in [1.82, 2.24) is 10.3 Å². The van der Waals surface area contributed by atoms with Gasteiger partial charge in [-0.3, -0.25) is 4.79 Å². The first-order valence-corrected chi connectivity index (χ1v) is 5.21. The van der Waals surface area contributed by atoms with Crippen molar-refractivity contribution in [2.45, 2.75) is 12.5 Å². The van der Waals surface area contributed by atoms with E-state index in [0.717, 1.165) is 0 Å². The van der Waals surface area contributed by atoms with Crippen LogP contribution < -0.4 is 5.32 Å². The van der Waals surface area contributed by atoms with Crippen LogP contribution in [-0.4, -0.2) is 42.4 Å². The second-order valence-corrected chi connectivity index (χ2v) is 3.50. The van der Waals surface area contributed by atoms with Crippen LogP contribution in [0.1, 0.15) is 16.9 Å². The largest absolute Gasteiger partial charge is 0.391 e. The zero-order chi connectivity index (χ0) is 12.7. The lowest BCUT2D eigenvalue weighted by Gasteiger charge is -2.09. The van der Waals surface area contributed by atoms with Crippen LogP contribution in [0.25, 0.3) is 0 Å². The van der Waals surface area contributed by atoms with Crippen LogP contribution in [0.5, 0.6) is 0 Å². The van der Waals surface area contributed by atoms with E-state index in [1.54, 1.807) is 0 Å². The number of nitrogens with zero attached hydrogens (tertiary/aromatic N) is 1. The van der Waals surface area contributed by atoms with Crippen molar-refractivity contribution in [2.75, 3.05) is 20.3 Å². The number of methoxy groups -OCH3 is 1. The van der Waals surface area contributed by atoms with Crippen molar-refractivity contribution in [2.24, 2.45) is 0 Å². The molecule has 0 aliphatic heterocycles. The number of hydrogen-bond donors (Lipinski definition) is 2. The zero-order valence-corrected chi connectivity index (χ0v) is 9.52. The third-order valence-corrected chi connectivity index (χ3v) is 2.07. The van der Waals surface area contributed by atoms with E-state index < -0.39 is 18.0 Å². The van der Waals surface area contributed by atoms with Gasteiger partial charge < -0.3 is 15.2 Å². The summed E-state index contributed by atoms with van der Waals surface area (Å²) in [6.07, 6.45) is -0.254. The van der Waals surface area contributed by atoms with Gasteiger partial charge >= 0.3 is 0 Å². The van der Waals surface area contributed by atoms with E-state index in [0.29, 0.717) is 6.42 Å². The molecule has 0 saturated heterocycles. The molecule has 0 aromatic carbocycles. The van der Waals surface area contributed by atoms with Crippen LogP contribution in [-0.2, 0) is 4.74 Å². The summed E-state index contributed by atoms with van der Waals surface area (Å²) < 4.78 is 17.5. The number of aliphatic hydroxyl groups is 1. The number of amides is 1. The van der Waals surface area contributed by atoms with Gasteiger partial charge in [0.15, 0.2) is 0 Å². The van der Waals surface area contributed by atoms with E-state index in [9.17, 15) is 14.3 Å². The number of ether oxygens (including phenoxy) is 1. The number of nitrogens with one attached hydrogen (secondary N) is 1. The molecule has 0 fully saturated rings. The molecule has 1 atom stereocenters. The predicted octanol–water partition coefficient (Wildman–Crippen LogP) is 0.348. The van der Waals surface area contributed by atoms with E-state index in [1.165, 1.54) is 25.3 Å². The van der Waals surface area contributed by atoms with Crippen molar-refractivity contribution in [3.05, 3.63) is 29.8 Å². The van der Waals surface area contributed by atoms with Crippen molar-refractivity contribution >= 4 is 5.91 Å². The number of aromatic nitrogens is 1. The Bertz CT molecular complexity index is 373. The molecule has 94 valence electrons. The molecular weight excluding hydrogens is 227 g/mol. The summed E-state index contributed by atoms with van der Waals surface area (Å²) >= 11 is 0. The smallest absolute Gasteiger partial charge is 0.269 e. The Kier molecular flexibility index (Phi) is 5.51. The van der Waals surface area contributed by atoms with Gasteiger partial charge in [-0.25, -0.2) is 4.98 Å². The van der Waals surface area contributed by atoms with Crippen molar-refractivity contribution < 1.29 is 19.0 Å². The van der Waals surface area contributed by atoms with Crippen molar-refractivity contribution in [3.63, 3.8) is 0 Å². The van der Waals surface area contributed by atoms with Crippen LogP contribution in [0.2, 0.25) is 0 Å². The zero-order valence-electron chi connectivity index (χ0n) is 9.52. The fourth-order valence-electron chi connectivity index (χ4n) is 1.25. The fraction of sp³-hybridized carbons (Fsp3) is 0.455. The SMILES string of the molecule is COCC(O)CCNC(=O)c1cccc(F)n1. The lowest BCUT2D eigenvalue weighted by Crippen LogP contribution is -2.29. The summed E-state index contributed by atoms with van der Waals surface area (Å²) in [6, 6.07) is 4.00. The lowest BCUT2D eigenvalue weighted by atomic mass is 10.2. The summed E-state index contributed by atoms with van der Waals surface area (Å²) in [6.45, 7) is 0.496. The monoisotopic (exact) mass is 242 g/mol. The number of pyridine rings is 1. The van der Waals surface area contributed by atoms with Crippen LogP contribution in [0.3, 0.4) is 0 Å². The highest BCUT2D eigenvalue weighted by atomic mass is 19.1. The maximum Gasteiger partial charge on any atom is 0.269 e. The number of aliphatic hydroxyl groups excluding tert-OH is 1. The predicted molar refractivity (Wildman–Crippen MR) is 59.0 cm³/mol. The normalized spacial score (nSPS) is 12.2. The summed E-state index contributed by atoms with van der Waals surface area (Å²) in [5, 5.41) is 11.9. The van der Waals surface area contributed by atoms with Crippen LogP contribution in [0.4, 0.5) is 4.39 Å². The highest BCUT2D eigenvalue weighted by Gasteiger charge is 2.09. The Balaban J connectivity index is 2.35. The molecule has 1 aromatic rings. The summed E-state index contributed by atoms with van der Waals surface area (Å²) in [7, 11) is 1.48. The molecule has 0 bridgehead atoms. The Morgan fingerprint density at radius 3 is 3.06 bits per heavy atom. The van der Waals surface area contributed by atoms with Crippen molar-refractivity contribution in [3.8, 4) is 0 Å². The molecule has 1 unspecified atom stereocenters. The van der Waals surface area contributed by atoms with Gasteiger partial charge in [-0.15, -0.1) is 0 Å². The van der Waals surface area contributed by atoms with Gasteiger partial charge in [0.2, 0.25) is 5.95 Å². The van der Waals surface area contributed by atoms with Gasteiger partial charge in [0.1, 0.15) is 5.69 Å². The summed E-state index contributed by atoms with van der Waals surface area (Å²) in [4.78, 5) is 14.9. The molecule has 5 nitrogen and oxygen atoms in total. The number of carbonyl (C=O) groups excluding carboxylic acids is 1. The quantitative estimate of drug-likeness (QED) is 0.706. The van der Waals surface area contributed by atoms with Crippen LogP contribution in [0, 0.1) is 5.95 Å². The Morgan fingerprint density at radius 1 is 1.65 bits per heavy atom. The molecule has 0 aliphatic carbocycles. The van der Waals surface area contributed by atoms with E-state index in [-0.39, 0.29) is 18.8 Å². The Morgan fingerprint density at radius 2 is 2.41 bits per heavy atom. The first-order chi connectivity index (χ1) is 8.13. The third kappa shape index (κ3) is 4.88. The molecule has 1 rings (SSSR count). The minimum Gasteiger partial charge on any atom is -0.391 e. The maximum atomic E-state index is 12.7. The van der Waals surface area contributed by atoms with Gasteiger partial charge in [0.05, 0.1) is 12.7 Å². The van der Waals surface area contributed by atoms with E-state index in [2.05, 4.69) is 10.3 Å². The molecule has 6 heteroatoms. The molecule has 0 spiro atoms. The van der Waals surface area contributed by atoms with Crippen molar-refractivity contribution in [1.29, 1.82) is 0 Å². The Labute approximate surface area is 98.6 Å². The highest BCUT2D eigenvalue weighted by Crippen LogP contribution is 1.98. The first kappa shape index (κ1) is 13.5. The average molecular weight is 242 g/mol. The Hall–Kier alpha value is -1.53. The molecule has 1 heterocycles. The van der Waals surface area contributed by atoms with Gasteiger partial charge in [-0.1, -0.05) is 6.07 Å². The standard InChI is InChI=1S/C11H15FN2O3/c1-17-7-8(15)5-6-13-11(16)9-3-2-4-10(12)14-9/h2-4,8,15H,5-7H2,1H3,(H,13,16). The molecule has 0 aliphatic rings. The maximum absolute atomic E-state index is 12.7. The third-order valence-electron chi connectivity index (χ3n) is 2.07. The van der Waals surface area contributed by atoms with E-state index in [1.807, 2.05) is 0 Å². The van der Waals surface area contributed by atoms with Gasteiger partial charge in [0.25, 0.3) is 5.91 Å². The molecule has 0 saturated carbocycles. The topological polar surface area (TPSA) is 71.5 Å². The van der Waals surface area contributed by atoms with Crippen LogP contribution in [0.15, 0.2) is 18.2 Å². The van der Waals surface area contributed by atoms with Gasteiger partial charge in [-0.2, -0.15) is 4.39 Å². The second-order valence-electron chi connectivity index (χ2n) is 3.50. The molecule has 1 aromatic heterocycles. The highest BCUT2D eigenvalue weighted by molar-refractivity contribution is 5.92. The minimum absolute atomic E-state index is 0.0197. The average Bonchev–Trinajstić information content (AvgIpc) is 2.29. The molecule has 0 radical (unpaired) electrons. The number of halogens is 1. The minimum atomic E-state index is -0.697. The molecule has 17 heavy (non-hydrogen) atoms. The summed E-state index contributed by atoms with van der Waals surface area (Å²) in [5.41, 5.74) is 0.0197. The van der Waals surface area contributed by atoms with Gasteiger partial charge in [0, 0.05) is 13.7 Å². The lowest BCUT2D eigenvalue weighted by molar-refractivity contribution is 0.0587. The van der Waals surface area contributed by atoms with Crippen LogP contribution >= 0.6 is 0 Å². The van der Waals surface area contributed by atoms with Gasteiger partial charge in [-0.05, 0) is 18.6 Å². The second kappa shape index (κ2) is 6.93. The number of carbonyl (C=O) groups is 1. The molecule has 2 N–H and O–H groups in total. The fourth-order valence-corrected chi connectivity index (χ4v) is 1.25. The van der Waals surface area contributed by atoms with E-state index >= 15 is 0 Å². The number of rotatable bonds is 6. The molecular formula is C11H15FN2O3. The summed E-state index contributed by atoms with van der Waals surface area (Å²) in [5.74, 6) is -1.16. The first-order valence-electron chi connectivity index (χ1n) is 5.21. The number of hydrogen-bond acceptors (Lipinski definition) is 4. The van der Waals surface area contributed by atoms with E-state index in [4.69, 9.17) is 4.74 Å².